The lowest BCUT2D eigenvalue weighted by molar-refractivity contribution is -0.170. The molecule has 9 heteroatoms. The summed E-state index contributed by atoms with van der Waals surface area (Å²) in [6.45, 7) is -0.0943. The lowest BCUT2D eigenvalue weighted by Crippen LogP contribution is -2.49. The van der Waals surface area contributed by atoms with E-state index in [-0.39, 0.29) is 39.6 Å². The number of halogens is 3. The normalized spacial score (nSPS) is 14.3. The van der Waals surface area contributed by atoms with Gasteiger partial charge in [0.15, 0.2) is 0 Å². The molecule has 0 radical (unpaired) electrons. The van der Waals surface area contributed by atoms with Crippen LogP contribution in [-0.4, -0.2) is 47.8 Å². The van der Waals surface area contributed by atoms with Gasteiger partial charge in [-0.1, -0.05) is 72.8 Å². The Balaban J connectivity index is 1.45. The maximum Gasteiger partial charge on any atom is 0.128 e. The van der Waals surface area contributed by atoms with Gasteiger partial charge >= 0.3 is 0 Å². The zero-order chi connectivity index (χ0) is 30.4. The molecule has 0 aliphatic carbocycles. The molecule has 43 heavy (non-hydrogen) atoms. The summed E-state index contributed by atoms with van der Waals surface area (Å²) >= 11 is 0. The van der Waals surface area contributed by atoms with Crippen LogP contribution in [0.1, 0.15) is 22.3 Å². The number of aliphatic hydroxyl groups excluding tert-OH is 2. The smallest absolute Gasteiger partial charge is 0.128 e. The molecule has 4 rings (SSSR count). The Kier molecular flexibility index (Phi) is 12.7. The van der Waals surface area contributed by atoms with E-state index in [1.165, 1.54) is 30.3 Å². The van der Waals surface area contributed by atoms with E-state index in [1.807, 2.05) is 30.3 Å². The van der Waals surface area contributed by atoms with Crippen LogP contribution in [0.3, 0.4) is 0 Å². The van der Waals surface area contributed by atoms with Crippen LogP contribution in [0.4, 0.5) is 13.2 Å². The molecule has 0 saturated heterocycles. The van der Waals surface area contributed by atoms with Crippen LogP contribution < -0.4 is 0 Å². The predicted octanol–water partition coefficient (Wildman–Crippen LogP) is 5.73. The van der Waals surface area contributed by atoms with Gasteiger partial charge in [-0.25, -0.2) is 13.2 Å². The fraction of sp³-hybridized carbons (Fsp3) is 0.294. The van der Waals surface area contributed by atoms with Gasteiger partial charge in [0, 0.05) is 5.56 Å². The summed E-state index contributed by atoms with van der Waals surface area (Å²) in [6, 6.07) is 27.0. The quantitative estimate of drug-likeness (QED) is 0.162. The van der Waals surface area contributed by atoms with E-state index < -0.39 is 41.9 Å². The molecule has 0 heterocycles. The summed E-state index contributed by atoms with van der Waals surface area (Å²) in [4.78, 5) is 0. The maximum absolute atomic E-state index is 14.1. The fourth-order valence-corrected chi connectivity index (χ4v) is 4.27. The molecule has 0 spiro atoms. The molecule has 0 aliphatic rings. The van der Waals surface area contributed by atoms with E-state index >= 15 is 0 Å². The van der Waals surface area contributed by atoms with Crippen molar-refractivity contribution in [2.75, 3.05) is 13.2 Å². The van der Waals surface area contributed by atoms with Gasteiger partial charge in [-0.15, -0.1) is 0 Å². The Morgan fingerprint density at radius 3 is 1.44 bits per heavy atom. The average Bonchev–Trinajstić information content (AvgIpc) is 3.03. The zero-order valence-corrected chi connectivity index (χ0v) is 23.5. The minimum absolute atomic E-state index is 0.0105. The van der Waals surface area contributed by atoms with Crippen molar-refractivity contribution in [1.82, 2.24) is 0 Å². The Hall–Kier alpha value is -3.57. The molecule has 6 nitrogen and oxygen atoms in total. The van der Waals surface area contributed by atoms with Crippen molar-refractivity contribution in [1.29, 1.82) is 0 Å². The largest absolute Gasteiger partial charge is 0.388 e. The van der Waals surface area contributed by atoms with Crippen LogP contribution in [0.2, 0.25) is 0 Å². The summed E-state index contributed by atoms with van der Waals surface area (Å²) in [7, 11) is 0. The van der Waals surface area contributed by atoms with Gasteiger partial charge in [0.25, 0.3) is 0 Å². The molecular formula is C34H35F3O6. The first-order chi connectivity index (χ1) is 20.9. The van der Waals surface area contributed by atoms with Gasteiger partial charge in [0.2, 0.25) is 0 Å². The van der Waals surface area contributed by atoms with Crippen molar-refractivity contribution in [2.24, 2.45) is 0 Å². The van der Waals surface area contributed by atoms with Gasteiger partial charge in [0.1, 0.15) is 41.9 Å². The molecule has 0 bridgehead atoms. The highest BCUT2D eigenvalue weighted by Gasteiger charge is 2.34. The Morgan fingerprint density at radius 1 is 0.488 bits per heavy atom. The highest BCUT2D eigenvalue weighted by Crippen LogP contribution is 2.18. The van der Waals surface area contributed by atoms with Crippen molar-refractivity contribution >= 4 is 0 Å². The molecule has 228 valence electrons. The fourth-order valence-electron chi connectivity index (χ4n) is 4.27. The lowest BCUT2D eigenvalue weighted by Gasteiger charge is -2.32. The molecule has 0 fully saturated rings. The summed E-state index contributed by atoms with van der Waals surface area (Å²) in [5.41, 5.74) is 2.53. The van der Waals surface area contributed by atoms with Crippen LogP contribution >= 0.6 is 0 Å². The highest BCUT2D eigenvalue weighted by molar-refractivity contribution is 5.17. The van der Waals surface area contributed by atoms with Crippen molar-refractivity contribution in [3.8, 4) is 0 Å². The maximum atomic E-state index is 14.1. The van der Waals surface area contributed by atoms with E-state index in [0.717, 1.165) is 5.56 Å². The monoisotopic (exact) mass is 596 g/mol. The lowest BCUT2D eigenvalue weighted by atomic mass is 10.0. The minimum atomic E-state index is -1.51. The van der Waals surface area contributed by atoms with E-state index in [4.69, 9.17) is 18.9 Å². The van der Waals surface area contributed by atoms with Gasteiger partial charge in [-0.2, -0.15) is 0 Å². The topological polar surface area (TPSA) is 77.4 Å². The summed E-state index contributed by atoms with van der Waals surface area (Å²) in [6.07, 6.45) is -5.09. The van der Waals surface area contributed by atoms with E-state index in [1.54, 1.807) is 42.5 Å². The third-order valence-corrected chi connectivity index (χ3v) is 6.76. The molecule has 0 aromatic heterocycles. The first kappa shape index (κ1) is 32.3. The summed E-state index contributed by atoms with van der Waals surface area (Å²) in [5.74, 6) is -1.23. The molecule has 2 N–H and O–H groups in total. The van der Waals surface area contributed by atoms with Crippen LogP contribution in [0, 0.1) is 17.5 Å². The number of hydrogen-bond acceptors (Lipinski definition) is 6. The van der Waals surface area contributed by atoms with E-state index in [2.05, 4.69) is 0 Å². The second kappa shape index (κ2) is 16.9. The number of rotatable bonds is 17. The van der Waals surface area contributed by atoms with Gasteiger partial charge in [-0.3, -0.25) is 0 Å². The highest BCUT2D eigenvalue weighted by atomic mass is 19.1. The van der Waals surface area contributed by atoms with Crippen molar-refractivity contribution in [3.05, 3.63) is 143 Å². The second-order valence-electron chi connectivity index (χ2n) is 10.0. The molecule has 4 atom stereocenters. The molecule has 0 aliphatic heterocycles. The predicted molar refractivity (Wildman–Crippen MR) is 154 cm³/mol. The zero-order valence-electron chi connectivity index (χ0n) is 23.5. The molecule has 4 aromatic rings. The van der Waals surface area contributed by atoms with Gasteiger partial charge in [0.05, 0.1) is 39.6 Å². The second-order valence-corrected chi connectivity index (χ2v) is 10.0. The van der Waals surface area contributed by atoms with Crippen molar-refractivity contribution < 1.29 is 42.3 Å². The number of aliphatic hydroxyl groups is 2. The van der Waals surface area contributed by atoms with Crippen molar-refractivity contribution in [2.45, 2.75) is 50.8 Å². The number of ether oxygens (including phenoxy) is 4. The van der Waals surface area contributed by atoms with Gasteiger partial charge in [-0.05, 0) is 47.0 Å². The van der Waals surface area contributed by atoms with Crippen LogP contribution in [0.15, 0.2) is 103 Å². The number of hydrogen-bond donors (Lipinski definition) is 2. The average molecular weight is 597 g/mol. The first-order valence-corrected chi connectivity index (χ1v) is 13.9. The van der Waals surface area contributed by atoms with Crippen LogP contribution in [0.25, 0.3) is 0 Å². The number of benzene rings is 4. The molecule has 0 unspecified atom stereocenters. The van der Waals surface area contributed by atoms with Gasteiger partial charge < -0.3 is 29.2 Å². The molecule has 0 amide bonds. The third-order valence-electron chi connectivity index (χ3n) is 6.76. The summed E-state index contributed by atoms with van der Waals surface area (Å²) < 4.78 is 64.3. The van der Waals surface area contributed by atoms with E-state index in [9.17, 15) is 23.4 Å². The first-order valence-electron chi connectivity index (χ1n) is 13.9. The Bertz CT molecular complexity index is 1350. The van der Waals surface area contributed by atoms with Crippen LogP contribution in [0.5, 0.6) is 0 Å². The third kappa shape index (κ3) is 10.6. The molecule has 4 aromatic carbocycles. The molecule has 0 saturated carbocycles. The van der Waals surface area contributed by atoms with Crippen LogP contribution in [-0.2, 0) is 45.4 Å². The Morgan fingerprint density at radius 2 is 0.930 bits per heavy atom. The van der Waals surface area contributed by atoms with Crippen molar-refractivity contribution in [3.63, 3.8) is 0 Å². The SMILES string of the molecule is O[C@@H]([C@H](O)[C@@H](COCc1ccccc1F)OCc1ccc(F)cc1)[C@@H](COCc1ccccc1)OCc1ccc(F)cc1. The Labute approximate surface area is 249 Å². The standard InChI is InChI=1S/C34H35F3O6/c35-28-14-10-25(11-15-28)19-42-31(22-40-18-24-6-2-1-3-7-24)33(38)34(39)32(43-20-26-12-16-29(36)17-13-26)23-41-21-27-8-4-5-9-30(27)37/h1-17,31-34,38-39H,18-23H2/t31-,32-,33-,34-/m1/s1. The minimum Gasteiger partial charge on any atom is -0.388 e. The summed E-state index contributed by atoms with van der Waals surface area (Å²) in [5, 5.41) is 22.6. The molecular weight excluding hydrogens is 561 g/mol. The van der Waals surface area contributed by atoms with E-state index in [0.29, 0.717) is 16.7 Å².